The van der Waals surface area contributed by atoms with Crippen LogP contribution >= 0.6 is 0 Å². The molecule has 2 fully saturated rings. The maximum Gasteiger partial charge on any atom is 0.257 e. The number of hydroxylamine groups is 2. The van der Waals surface area contributed by atoms with Gasteiger partial charge in [-0.2, -0.15) is 5.26 Å². The fraction of sp³-hybridized carbons (Fsp3) is 0.500. The second-order valence-corrected chi connectivity index (χ2v) is 11.1. The zero-order valence-electron chi connectivity index (χ0n) is 22.8. The Bertz CT molecular complexity index is 1220. The molecule has 2 aliphatic carbocycles. The van der Waals surface area contributed by atoms with E-state index in [2.05, 4.69) is 16.7 Å². The monoisotopic (exact) mass is 538 g/mol. The molecule has 0 aliphatic heterocycles. The van der Waals surface area contributed by atoms with Crippen LogP contribution in [0.5, 0.6) is 0 Å². The SMILES string of the molecule is CON(C)C(=O)C1(c2ccc(-c3ccc([C@H](N[C@@H](CC(C)C)C(=O)NC4(C#N)CC4)C(F)F)cc3)cc2)CC1. The molecule has 0 bridgehead atoms. The number of hydrogen-bond donors (Lipinski definition) is 2. The highest BCUT2D eigenvalue weighted by Crippen LogP contribution is 2.49. The van der Waals surface area contributed by atoms with Gasteiger partial charge < -0.3 is 5.32 Å². The predicted octanol–water partition coefficient (Wildman–Crippen LogP) is 4.89. The zero-order valence-corrected chi connectivity index (χ0v) is 22.8. The molecule has 9 heteroatoms. The van der Waals surface area contributed by atoms with E-state index >= 15 is 0 Å². The first-order valence-electron chi connectivity index (χ1n) is 13.3. The number of nitrogens with one attached hydrogen (secondary N) is 2. The minimum absolute atomic E-state index is 0.0722. The zero-order chi connectivity index (χ0) is 28.4. The number of likely N-dealkylation sites (N-methyl/N-ethyl adjacent to an activating group) is 1. The molecule has 208 valence electrons. The minimum Gasteiger partial charge on any atom is -0.336 e. The maximum absolute atomic E-state index is 14.2. The van der Waals surface area contributed by atoms with Crippen LogP contribution in [0.25, 0.3) is 11.1 Å². The number of nitrogens with zero attached hydrogens (tertiary/aromatic N) is 2. The minimum atomic E-state index is -2.74. The molecular formula is C30H36F2N4O3. The lowest BCUT2D eigenvalue weighted by Crippen LogP contribution is -2.51. The Morgan fingerprint density at radius 2 is 1.59 bits per heavy atom. The van der Waals surface area contributed by atoms with Crippen molar-refractivity contribution in [3.63, 3.8) is 0 Å². The first kappa shape index (κ1) is 28.7. The number of halogens is 2. The number of rotatable bonds is 12. The van der Waals surface area contributed by atoms with Crippen LogP contribution in [0.15, 0.2) is 48.5 Å². The number of carbonyl (C=O) groups excluding carboxylic acids is 2. The molecule has 2 aromatic rings. The highest BCUT2D eigenvalue weighted by Gasteiger charge is 2.53. The van der Waals surface area contributed by atoms with Gasteiger partial charge in [0.2, 0.25) is 5.91 Å². The Balaban J connectivity index is 1.48. The van der Waals surface area contributed by atoms with E-state index in [0.717, 1.165) is 29.5 Å². The fourth-order valence-electron chi connectivity index (χ4n) is 4.97. The van der Waals surface area contributed by atoms with Gasteiger partial charge in [-0.25, -0.2) is 13.8 Å². The topological polar surface area (TPSA) is 94.5 Å². The predicted molar refractivity (Wildman–Crippen MR) is 143 cm³/mol. The van der Waals surface area contributed by atoms with Crippen molar-refractivity contribution in [1.29, 1.82) is 5.26 Å². The van der Waals surface area contributed by atoms with Gasteiger partial charge in [-0.1, -0.05) is 62.4 Å². The molecule has 0 saturated heterocycles. The lowest BCUT2D eigenvalue weighted by molar-refractivity contribution is -0.171. The molecule has 2 atom stereocenters. The average molecular weight is 539 g/mol. The second kappa shape index (κ2) is 11.4. The third-order valence-electron chi connectivity index (χ3n) is 7.74. The van der Waals surface area contributed by atoms with Crippen LogP contribution in [0, 0.1) is 17.2 Å². The van der Waals surface area contributed by atoms with E-state index < -0.39 is 35.4 Å². The molecule has 0 unspecified atom stereocenters. The van der Waals surface area contributed by atoms with Gasteiger partial charge in [-0.15, -0.1) is 0 Å². The van der Waals surface area contributed by atoms with Gasteiger partial charge >= 0.3 is 0 Å². The van der Waals surface area contributed by atoms with Crippen LogP contribution in [-0.4, -0.2) is 49.0 Å². The van der Waals surface area contributed by atoms with Gasteiger partial charge in [0.1, 0.15) is 5.54 Å². The molecule has 2 saturated carbocycles. The average Bonchev–Trinajstić information content (AvgIpc) is 3.86. The van der Waals surface area contributed by atoms with Crippen LogP contribution in [-0.2, 0) is 19.8 Å². The maximum atomic E-state index is 14.2. The van der Waals surface area contributed by atoms with E-state index in [0.29, 0.717) is 24.8 Å². The van der Waals surface area contributed by atoms with Crippen LogP contribution in [0.1, 0.15) is 63.1 Å². The summed E-state index contributed by atoms with van der Waals surface area (Å²) in [6.07, 6.45) is 0.315. The van der Waals surface area contributed by atoms with Crippen molar-refractivity contribution >= 4 is 11.8 Å². The number of nitriles is 1. The van der Waals surface area contributed by atoms with Crippen molar-refractivity contribution in [2.75, 3.05) is 14.2 Å². The summed E-state index contributed by atoms with van der Waals surface area (Å²) in [4.78, 5) is 30.7. The summed E-state index contributed by atoms with van der Waals surface area (Å²) in [5.41, 5.74) is 1.64. The Kier molecular flexibility index (Phi) is 8.38. The summed E-state index contributed by atoms with van der Waals surface area (Å²) in [5.74, 6) is -0.403. The number of carbonyl (C=O) groups is 2. The quantitative estimate of drug-likeness (QED) is 0.376. The molecule has 0 heterocycles. The Morgan fingerprint density at radius 1 is 1.03 bits per heavy atom. The van der Waals surface area contributed by atoms with Crippen molar-refractivity contribution in [3.05, 3.63) is 59.7 Å². The summed E-state index contributed by atoms with van der Waals surface area (Å²) in [5, 5.41) is 16.2. The van der Waals surface area contributed by atoms with Crippen LogP contribution < -0.4 is 10.6 Å². The molecule has 0 spiro atoms. The summed E-state index contributed by atoms with van der Waals surface area (Å²) in [6, 6.07) is 14.5. The molecule has 2 aromatic carbocycles. The van der Waals surface area contributed by atoms with Gasteiger partial charge in [-0.3, -0.25) is 19.7 Å². The van der Waals surface area contributed by atoms with Crippen LogP contribution in [0.3, 0.4) is 0 Å². The van der Waals surface area contributed by atoms with Crippen LogP contribution in [0.2, 0.25) is 0 Å². The number of benzene rings is 2. The van der Waals surface area contributed by atoms with Crippen molar-refractivity contribution < 1.29 is 23.2 Å². The normalized spacial score (nSPS) is 18.2. The highest BCUT2D eigenvalue weighted by atomic mass is 19.3. The molecule has 7 nitrogen and oxygen atoms in total. The first-order valence-corrected chi connectivity index (χ1v) is 13.3. The van der Waals surface area contributed by atoms with Crippen molar-refractivity contribution in [1.82, 2.24) is 15.7 Å². The molecular weight excluding hydrogens is 502 g/mol. The molecule has 0 radical (unpaired) electrons. The van der Waals surface area contributed by atoms with Crippen molar-refractivity contribution in [3.8, 4) is 17.2 Å². The summed E-state index contributed by atoms with van der Waals surface area (Å²) < 4.78 is 28.4. The Labute approximate surface area is 228 Å². The number of alkyl halides is 2. The fourth-order valence-corrected chi connectivity index (χ4v) is 4.97. The molecule has 2 amide bonds. The van der Waals surface area contributed by atoms with E-state index in [4.69, 9.17) is 4.84 Å². The Morgan fingerprint density at radius 3 is 2.03 bits per heavy atom. The lowest BCUT2D eigenvalue weighted by Gasteiger charge is -2.27. The third kappa shape index (κ3) is 6.29. The third-order valence-corrected chi connectivity index (χ3v) is 7.74. The summed E-state index contributed by atoms with van der Waals surface area (Å²) in [6.45, 7) is 3.85. The van der Waals surface area contributed by atoms with Crippen molar-refractivity contribution in [2.24, 2.45) is 5.92 Å². The first-order chi connectivity index (χ1) is 18.5. The van der Waals surface area contributed by atoms with Gasteiger partial charge in [0.25, 0.3) is 12.3 Å². The lowest BCUT2D eigenvalue weighted by atomic mass is 9.92. The van der Waals surface area contributed by atoms with E-state index in [1.54, 1.807) is 31.3 Å². The molecule has 0 aromatic heterocycles. The largest absolute Gasteiger partial charge is 0.336 e. The molecule has 2 N–H and O–H groups in total. The van der Waals surface area contributed by atoms with E-state index in [1.807, 2.05) is 38.1 Å². The van der Waals surface area contributed by atoms with Crippen LogP contribution in [0.4, 0.5) is 8.78 Å². The Hall–Kier alpha value is -3.35. The van der Waals surface area contributed by atoms with E-state index in [1.165, 1.54) is 12.2 Å². The summed E-state index contributed by atoms with van der Waals surface area (Å²) in [7, 11) is 3.07. The number of hydrogen-bond acceptors (Lipinski definition) is 5. The van der Waals surface area contributed by atoms with Gasteiger partial charge in [0, 0.05) is 7.05 Å². The molecule has 4 rings (SSSR count). The molecule has 39 heavy (non-hydrogen) atoms. The highest BCUT2D eigenvalue weighted by molar-refractivity contribution is 5.90. The summed E-state index contributed by atoms with van der Waals surface area (Å²) >= 11 is 0. The van der Waals surface area contributed by atoms with Gasteiger partial charge in [0.05, 0.1) is 30.7 Å². The van der Waals surface area contributed by atoms with Gasteiger partial charge in [-0.05, 0) is 60.3 Å². The standard InChI is InChI=1S/C30H36F2N4O3/c1-19(2)17-24(27(37)35-29(18-33)13-14-29)34-25(26(31)32)22-7-5-20(6-8-22)21-9-11-23(12-10-21)30(15-16-30)28(38)36(3)39-4/h5-12,19,24-26,34H,13-17H2,1-4H3,(H,35,37)/t24-,25-/m0/s1. The van der Waals surface area contributed by atoms with E-state index in [9.17, 15) is 23.6 Å². The van der Waals surface area contributed by atoms with E-state index in [-0.39, 0.29) is 11.8 Å². The number of amides is 2. The second-order valence-electron chi connectivity index (χ2n) is 11.1. The van der Waals surface area contributed by atoms with Gasteiger partial charge in [0.15, 0.2) is 0 Å². The molecule has 2 aliphatic rings. The van der Waals surface area contributed by atoms with Crippen molar-refractivity contribution in [2.45, 2.75) is 75.4 Å². The smallest absolute Gasteiger partial charge is 0.257 e.